The number of nitrogens with zero attached hydrogens (tertiary/aromatic N) is 3. The number of hydrogen-bond donors (Lipinski definition) is 1. The molecule has 3 rings (SSSR count). The lowest BCUT2D eigenvalue weighted by atomic mass is 10.0. The van der Waals surface area contributed by atoms with E-state index in [-0.39, 0.29) is 6.04 Å². The van der Waals surface area contributed by atoms with E-state index in [0.717, 1.165) is 29.0 Å². The first-order chi connectivity index (χ1) is 10.2. The zero-order valence-electron chi connectivity index (χ0n) is 12.7. The molecule has 4 heteroatoms. The van der Waals surface area contributed by atoms with Crippen molar-refractivity contribution < 1.29 is 0 Å². The number of fused-ring (bicyclic) bond motifs is 1. The number of rotatable bonds is 4. The van der Waals surface area contributed by atoms with Crippen LogP contribution in [0.25, 0.3) is 10.9 Å². The van der Waals surface area contributed by atoms with Crippen LogP contribution in [0.1, 0.15) is 29.9 Å². The summed E-state index contributed by atoms with van der Waals surface area (Å²) < 4.78 is 1.94. The second kappa shape index (κ2) is 5.66. The summed E-state index contributed by atoms with van der Waals surface area (Å²) in [5.41, 5.74) is 4.38. The molecule has 1 atom stereocenters. The Balaban J connectivity index is 2.13. The van der Waals surface area contributed by atoms with Gasteiger partial charge in [0.2, 0.25) is 0 Å². The van der Waals surface area contributed by atoms with Gasteiger partial charge in [-0.05, 0) is 31.2 Å². The van der Waals surface area contributed by atoms with Crippen LogP contribution in [-0.2, 0) is 7.05 Å². The fourth-order valence-electron chi connectivity index (χ4n) is 2.68. The zero-order chi connectivity index (χ0) is 14.8. The van der Waals surface area contributed by atoms with Crippen molar-refractivity contribution in [3.63, 3.8) is 0 Å². The van der Waals surface area contributed by atoms with Gasteiger partial charge in [0.25, 0.3) is 0 Å². The summed E-state index contributed by atoms with van der Waals surface area (Å²) in [5.74, 6) is 0. The highest BCUT2D eigenvalue weighted by Crippen LogP contribution is 2.27. The van der Waals surface area contributed by atoms with Gasteiger partial charge in [0.1, 0.15) is 0 Å². The average Bonchev–Trinajstić information content (AvgIpc) is 2.84. The molecule has 0 saturated carbocycles. The quantitative estimate of drug-likeness (QED) is 0.799. The maximum absolute atomic E-state index is 4.73. The standard InChI is InChI=1S/C17H20N4/c1-4-18-16(13-10-9-12(2)19-11-13)17-14-7-5-6-8-15(14)21(3)20-17/h5-11,16,18H,4H2,1-3H3. The number of pyridine rings is 1. The molecule has 1 aromatic carbocycles. The van der Waals surface area contributed by atoms with Crippen molar-refractivity contribution in [1.82, 2.24) is 20.1 Å². The highest BCUT2D eigenvalue weighted by atomic mass is 15.3. The maximum Gasteiger partial charge on any atom is 0.0918 e. The minimum absolute atomic E-state index is 0.0641. The van der Waals surface area contributed by atoms with Crippen LogP contribution in [0.4, 0.5) is 0 Å². The molecule has 0 aliphatic rings. The SMILES string of the molecule is CCNC(c1ccc(C)nc1)c1nn(C)c2ccccc12. The van der Waals surface area contributed by atoms with Crippen LogP contribution < -0.4 is 5.32 Å². The van der Waals surface area contributed by atoms with Crippen LogP contribution in [0, 0.1) is 6.92 Å². The van der Waals surface area contributed by atoms with E-state index >= 15 is 0 Å². The zero-order valence-corrected chi connectivity index (χ0v) is 12.7. The Morgan fingerprint density at radius 1 is 1.19 bits per heavy atom. The lowest BCUT2D eigenvalue weighted by molar-refractivity contribution is 0.602. The van der Waals surface area contributed by atoms with E-state index in [2.05, 4.69) is 41.5 Å². The molecule has 0 spiro atoms. The number of nitrogens with one attached hydrogen (secondary N) is 1. The number of aromatic nitrogens is 3. The Hall–Kier alpha value is -2.20. The van der Waals surface area contributed by atoms with Crippen LogP contribution in [0.2, 0.25) is 0 Å². The van der Waals surface area contributed by atoms with E-state index in [0.29, 0.717) is 0 Å². The van der Waals surface area contributed by atoms with Crippen LogP contribution in [0.5, 0.6) is 0 Å². The molecule has 108 valence electrons. The van der Waals surface area contributed by atoms with Gasteiger partial charge in [-0.2, -0.15) is 5.10 Å². The topological polar surface area (TPSA) is 42.7 Å². The molecule has 4 nitrogen and oxygen atoms in total. The van der Waals surface area contributed by atoms with Gasteiger partial charge in [-0.1, -0.05) is 31.2 Å². The van der Waals surface area contributed by atoms with Gasteiger partial charge in [-0.25, -0.2) is 0 Å². The number of aryl methyl sites for hydroxylation is 2. The smallest absolute Gasteiger partial charge is 0.0918 e. The normalized spacial score (nSPS) is 12.7. The van der Waals surface area contributed by atoms with Gasteiger partial charge < -0.3 is 5.32 Å². The minimum atomic E-state index is 0.0641. The molecule has 2 heterocycles. The molecule has 0 radical (unpaired) electrons. The van der Waals surface area contributed by atoms with Crippen molar-refractivity contribution in [1.29, 1.82) is 0 Å². The molecule has 1 N–H and O–H groups in total. The van der Waals surface area contributed by atoms with Gasteiger partial charge in [0, 0.05) is 24.3 Å². The Bertz CT molecular complexity index is 743. The summed E-state index contributed by atoms with van der Waals surface area (Å²) in [6.45, 7) is 4.99. The first-order valence-electron chi connectivity index (χ1n) is 7.28. The fraction of sp³-hybridized carbons (Fsp3) is 0.294. The second-order valence-electron chi connectivity index (χ2n) is 5.25. The maximum atomic E-state index is 4.73. The molecule has 2 aromatic heterocycles. The van der Waals surface area contributed by atoms with Crippen molar-refractivity contribution in [2.45, 2.75) is 19.9 Å². The summed E-state index contributed by atoms with van der Waals surface area (Å²) in [6, 6.07) is 12.6. The van der Waals surface area contributed by atoms with Crippen molar-refractivity contribution in [2.75, 3.05) is 6.54 Å². The molecule has 0 fully saturated rings. The summed E-state index contributed by atoms with van der Waals surface area (Å²) in [5, 5.41) is 9.44. The van der Waals surface area contributed by atoms with Gasteiger partial charge >= 0.3 is 0 Å². The summed E-state index contributed by atoms with van der Waals surface area (Å²) >= 11 is 0. The molecule has 1 unspecified atom stereocenters. The fourth-order valence-corrected chi connectivity index (χ4v) is 2.68. The number of hydrogen-bond acceptors (Lipinski definition) is 3. The highest BCUT2D eigenvalue weighted by Gasteiger charge is 2.20. The van der Waals surface area contributed by atoms with Crippen LogP contribution in [0.3, 0.4) is 0 Å². The number of para-hydroxylation sites is 1. The predicted octanol–water partition coefficient (Wildman–Crippen LogP) is 2.98. The molecule has 0 bridgehead atoms. The van der Waals surface area contributed by atoms with Gasteiger partial charge in [0.05, 0.1) is 17.3 Å². The third-order valence-corrected chi connectivity index (χ3v) is 3.74. The van der Waals surface area contributed by atoms with E-state index in [1.165, 1.54) is 5.39 Å². The summed E-state index contributed by atoms with van der Waals surface area (Å²) in [7, 11) is 1.99. The third kappa shape index (κ3) is 2.54. The number of benzene rings is 1. The van der Waals surface area contributed by atoms with Gasteiger partial charge in [-0.15, -0.1) is 0 Å². The largest absolute Gasteiger partial charge is 0.305 e. The van der Waals surface area contributed by atoms with Crippen LogP contribution in [0.15, 0.2) is 42.6 Å². The van der Waals surface area contributed by atoms with Crippen LogP contribution in [-0.4, -0.2) is 21.3 Å². The van der Waals surface area contributed by atoms with E-state index in [9.17, 15) is 0 Å². The first kappa shape index (κ1) is 13.8. The van der Waals surface area contributed by atoms with Gasteiger partial charge in [-0.3, -0.25) is 9.67 Å². The third-order valence-electron chi connectivity index (χ3n) is 3.74. The highest BCUT2D eigenvalue weighted by molar-refractivity contribution is 5.82. The molecule has 0 aliphatic carbocycles. The van der Waals surface area contributed by atoms with Crippen molar-refractivity contribution in [2.24, 2.45) is 7.05 Å². The molecular formula is C17H20N4. The Morgan fingerprint density at radius 3 is 2.71 bits per heavy atom. The average molecular weight is 280 g/mol. The lowest BCUT2D eigenvalue weighted by Gasteiger charge is -2.16. The molecule has 3 aromatic rings. The predicted molar refractivity (Wildman–Crippen MR) is 85.2 cm³/mol. The van der Waals surface area contributed by atoms with Crippen LogP contribution >= 0.6 is 0 Å². The molecule has 0 aliphatic heterocycles. The molecular weight excluding hydrogens is 260 g/mol. The van der Waals surface area contributed by atoms with E-state index in [4.69, 9.17) is 5.10 Å². The minimum Gasteiger partial charge on any atom is -0.305 e. The molecule has 0 amide bonds. The first-order valence-corrected chi connectivity index (χ1v) is 7.28. The van der Waals surface area contributed by atoms with Gasteiger partial charge in [0.15, 0.2) is 0 Å². The lowest BCUT2D eigenvalue weighted by Crippen LogP contribution is -2.23. The second-order valence-corrected chi connectivity index (χ2v) is 5.25. The van der Waals surface area contributed by atoms with Crippen molar-refractivity contribution >= 4 is 10.9 Å². The van der Waals surface area contributed by atoms with E-state index < -0.39 is 0 Å². The van der Waals surface area contributed by atoms with Crippen molar-refractivity contribution in [3.8, 4) is 0 Å². The Morgan fingerprint density at radius 2 is 2.00 bits per heavy atom. The van der Waals surface area contributed by atoms with E-state index in [1.54, 1.807) is 0 Å². The molecule has 21 heavy (non-hydrogen) atoms. The summed E-state index contributed by atoms with van der Waals surface area (Å²) in [4.78, 5) is 4.42. The monoisotopic (exact) mass is 280 g/mol. The Labute approximate surface area is 124 Å². The van der Waals surface area contributed by atoms with Crippen molar-refractivity contribution in [3.05, 3.63) is 59.5 Å². The molecule has 0 saturated heterocycles. The Kier molecular flexibility index (Phi) is 3.71. The van der Waals surface area contributed by atoms with E-state index in [1.807, 2.05) is 37.0 Å². The summed E-state index contributed by atoms with van der Waals surface area (Å²) in [6.07, 6.45) is 1.94.